The number of esters is 1. The standard InChI is InChI=1S/C26H19Cl2N2O2S/c1-2-32-26(31)19-15-23(17-3-7-20(27)8-4-17)25(30-33-22-11-13-29-14-12-22)24(16-19)18-5-9-21(28)10-6-18/h3-16H,2H2,1H3. The number of carbonyl (C=O) groups excluding carboxylic acids is 1. The predicted octanol–water partition coefficient (Wildman–Crippen LogP) is 7.84. The van der Waals surface area contributed by atoms with E-state index >= 15 is 0 Å². The van der Waals surface area contributed by atoms with E-state index in [2.05, 4.69) is 4.98 Å². The molecule has 0 saturated heterocycles. The lowest BCUT2D eigenvalue weighted by molar-refractivity contribution is 0.0526. The van der Waals surface area contributed by atoms with Gasteiger partial charge in [-0.1, -0.05) is 47.5 Å². The molecule has 4 rings (SSSR count). The van der Waals surface area contributed by atoms with Gasteiger partial charge in [0.05, 0.1) is 17.9 Å². The van der Waals surface area contributed by atoms with E-state index in [9.17, 15) is 4.79 Å². The molecule has 0 amide bonds. The average Bonchev–Trinajstić information content (AvgIpc) is 2.84. The smallest absolute Gasteiger partial charge is 0.338 e. The molecule has 7 heteroatoms. The molecule has 3 aromatic carbocycles. The summed E-state index contributed by atoms with van der Waals surface area (Å²) in [7, 11) is 0. The first-order valence-electron chi connectivity index (χ1n) is 10.2. The van der Waals surface area contributed by atoms with Gasteiger partial charge in [-0.05, 0) is 66.6 Å². The predicted molar refractivity (Wildman–Crippen MR) is 135 cm³/mol. The second-order valence-corrected chi connectivity index (χ2v) is 8.73. The van der Waals surface area contributed by atoms with Gasteiger partial charge < -0.3 is 4.74 Å². The van der Waals surface area contributed by atoms with E-state index in [0.717, 1.165) is 32.8 Å². The number of aromatic nitrogens is 1. The minimum Gasteiger partial charge on any atom is -0.462 e. The molecular weight excluding hydrogens is 475 g/mol. The molecule has 4 aromatic rings. The van der Waals surface area contributed by atoms with Crippen molar-refractivity contribution in [1.82, 2.24) is 9.71 Å². The molecule has 0 N–H and O–H groups in total. The Balaban J connectivity index is 1.90. The lowest BCUT2D eigenvalue weighted by Crippen LogP contribution is -2.06. The Morgan fingerprint density at radius 1 is 0.879 bits per heavy atom. The van der Waals surface area contributed by atoms with Crippen LogP contribution >= 0.6 is 35.1 Å². The fraction of sp³-hybridized carbons (Fsp3) is 0.0769. The van der Waals surface area contributed by atoms with E-state index < -0.39 is 5.97 Å². The topological polar surface area (TPSA) is 53.3 Å². The summed E-state index contributed by atoms with van der Waals surface area (Å²) in [6.07, 6.45) is 3.45. The van der Waals surface area contributed by atoms with Crippen molar-refractivity contribution in [2.45, 2.75) is 11.8 Å². The van der Waals surface area contributed by atoms with Gasteiger partial charge in [0, 0.05) is 50.4 Å². The third-order valence-electron chi connectivity index (χ3n) is 4.82. The first kappa shape index (κ1) is 23.2. The number of halogens is 2. The van der Waals surface area contributed by atoms with E-state index in [-0.39, 0.29) is 6.61 Å². The Bertz CT molecular complexity index is 1180. The molecule has 0 aliphatic carbocycles. The van der Waals surface area contributed by atoms with E-state index in [1.165, 1.54) is 11.9 Å². The van der Waals surface area contributed by atoms with E-state index in [4.69, 9.17) is 32.7 Å². The van der Waals surface area contributed by atoms with E-state index in [1.807, 2.05) is 72.8 Å². The molecule has 0 bridgehead atoms. The van der Waals surface area contributed by atoms with Crippen molar-refractivity contribution in [2.75, 3.05) is 6.61 Å². The molecule has 0 atom stereocenters. The Kier molecular flexibility index (Phi) is 7.55. The minimum absolute atomic E-state index is 0.287. The quantitative estimate of drug-likeness (QED) is 0.194. The van der Waals surface area contributed by atoms with Crippen LogP contribution in [0.5, 0.6) is 0 Å². The van der Waals surface area contributed by atoms with Crippen LogP contribution in [0.15, 0.2) is 90.1 Å². The molecule has 33 heavy (non-hydrogen) atoms. The summed E-state index contributed by atoms with van der Waals surface area (Å²) in [5.74, 6) is -0.392. The summed E-state index contributed by atoms with van der Waals surface area (Å²) in [5, 5.41) is 1.26. The SMILES string of the molecule is CCOC(=O)c1cc(-c2ccc(Cl)cc2)c([N]Sc2ccncc2)c(-c2ccc(Cl)cc2)c1. The maximum Gasteiger partial charge on any atom is 0.338 e. The van der Waals surface area contributed by atoms with Crippen molar-refractivity contribution in [1.29, 1.82) is 0 Å². The number of carbonyl (C=O) groups is 1. The molecule has 0 spiro atoms. The summed E-state index contributed by atoms with van der Waals surface area (Å²) in [4.78, 5) is 17.7. The van der Waals surface area contributed by atoms with Gasteiger partial charge in [-0.3, -0.25) is 4.98 Å². The van der Waals surface area contributed by atoms with Gasteiger partial charge >= 0.3 is 5.97 Å². The molecule has 4 nitrogen and oxygen atoms in total. The van der Waals surface area contributed by atoms with Crippen LogP contribution in [0, 0.1) is 0 Å². The Hall–Kier alpha value is -2.99. The van der Waals surface area contributed by atoms with Crippen molar-refractivity contribution in [3.05, 3.63) is 101 Å². The van der Waals surface area contributed by atoms with Crippen LogP contribution in [0.4, 0.5) is 5.69 Å². The molecule has 0 saturated carbocycles. The van der Waals surface area contributed by atoms with Crippen molar-refractivity contribution in [2.24, 2.45) is 0 Å². The summed E-state index contributed by atoms with van der Waals surface area (Å²) < 4.78 is 10.2. The summed E-state index contributed by atoms with van der Waals surface area (Å²) in [6, 6.07) is 22.3. The number of rotatable bonds is 7. The van der Waals surface area contributed by atoms with Gasteiger partial charge in [-0.15, -0.1) is 0 Å². The van der Waals surface area contributed by atoms with Crippen LogP contribution in [0.25, 0.3) is 22.3 Å². The molecule has 165 valence electrons. The largest absolute Gasteiger partial charge is 0.462 e. The maximum absolute atomic E-state index is 12.7. The average molecular weight is 494 g/mol. The summed E-state index contributed by atoms with van der Waals surface area (Å²) in [5.41, 5.74) is 4.53. The third kappa shape index (κ3) is 5.69. The van der Waals surface area contributed by atoms with Crippen molar-refractivity contribution >= 4 is 46.8 Å². The Labute approximate surface area is 207 Å². The number of hydrogen-bond acceptors (Lipinski definition) is 4. The highest BCUT2D eigenvalue weighted by Gasteiger charge is 2.19. The lowest BCUT2D eigenvalue weighted by atomic mass is 9.93. The summed E-state index contributed by atoms with van der Waals surface area (Å²) in [6.45, 7) is 2.07. The first-order chi connectivity index (χ1) is 16.0. The highest BCUT2D eigenvalue weighted by atomic mass is 35.5. The van der Waals surface area contributed by atoms with Gasteiger partial charge in [0.1, 0.15) is 0 Å². The van der Waals surface area contributed by atoms with Gasteiger partial charge in [0.15, 0.2) is 0 Å². The number of ether oxygens (including phenoxy) is 1. The van der Waals surface area contributed by atoms with Crippen LogP contribution in [-0.4, -0.2) is 17.6 Å². The van der Waals surface area contributed by atoms with Gasteiger partial charge in [0.2, 0.25) is 0 Å². The van der Waals surface area contributed by atoms with Crippen LogP contribution in [0.3, 0.4) is 0 Å². The fourth-order valence-corrected chi connectivity index (χ4v) is 4.15. The zero-order chi connectivity index (χ0) is 23.2. The summed E-state index contributed by atoms with van der Waals surface area (Å²) >= 11 is 13.6. The van der Waals surface area contributed by atoms with Crippen molar-refractivity contribution in [3.8, 4) is 22.3 Å². The van der Waals surface area contributed by atoms with Crippen LogP contribution in [0.1, 0.15) is 17.3 Å². The zero-order valence-electron chi connectivity index (χ0n) is 17.7. The molecule has 1 radical (unpaired) electrons. The maximum atomic E-state index is 12.7. The van der Waals surface area contributed by atoms with Crippen molar-refractivity contribution < 1.29 is 9.53 Å². The number of hydrogen-bond donors (Lipinski definition) is 0. The highest BCUT2D eigenvalue weighted by molar-refractivity contribution is 7.97. The number of benzene rings is 3. The van der Waals surface area contributed by atoms with Gasteiger partial charge in [-0.25, -0.2) is 9.52 Å². The second-order valence-electron chi connectivity index (χ2n) is 7.02. The highest BCUT2D eigenvalue weighted by Crippen LogP contribution is 2.41. The van der Waals surface area contributed by atoms with Crippen LogP contribution in [-0.2, 0) is 4.74 Å². The normalized spacial score (nSPS) is 10.6. The molecule has 0 aliphatic rings. The Morgan fingerprint density at radius 2 is 1.39 bits per heavy atom. The van der Waals surface area contributed by atoms with Crippen molar-refractivity contribution in [3.63, 3.8) is 0 Å². The first-order valence-corrected chi connectivity index (χ1v) is 11.7. The fourth-order valence-electron chi connectivity index (χ4n) is 3.26. The molecule has 1 aromatic heterocycles. The van der Waals surface area contributed by atoms with Gasteiger partial charge in [-0.2, -0.15) is 0 Å². The van der Waals surface area contributed by atoms with E-state index in [1.54, 1.807) is 19.3 Å². The third-order valence-corrected chi connectivity index (χ3v) is 6.08. The van der Waals surface area contributed by atoms with Crippen LogP contribution < -0.4 is 4.72 Å². The lowest BCUT2D eigenvalue weighted by Gasteiger charge is -2.17. The van der Waals surface area contributed by atoms with E-state index in [0.29, 0.717) is 15.6 Å². The van der Waals surface area contributed by atoms with Gasteiger partial charge in [0.25, 0.3) is 0 Å². The molecule has 0 fully saturated rings. The monoisotopic (exact) mass is 493 g/mol. The second kappa shape index (κ2) is 10.8. The minimum atomic E-state index is -0.392. The van der Waals surface area contributed by atoms with Crippen LogP contribution in [0.2, 0.25) is 10.0 Å². The zero-order valence-corrected chi connectivity index (χ0v) is 20.0. The Morgan fingerprint density at radius 3 is 1.88 bits per heavy atom. The molecule has 0 aliphatic heterocycles. The number of nitrogens with zero attached hydrogens (tertiary/aromatic N) is 2. The molecular formula is C26H19Cl2N2O2S. The molecule has 0 unspecified atom stereocenters. The number of pyridine rings is 1. The molecule has 1 heterocycles.